The molecule has 2 aromatic rings. The maximum atomic E-state index is 13.4. The van der Waals surface area contributed by atoms with Crippen LogP contribution < -0.4 is 14.2 Å². The van der Waals surface area contributed by atoms with E-state index in [0.717, 1.165) is 38.9 Å². The first-order valence-electron chi connectivity index (χ1n) is 14.0. The van der Waals surface area contributed by atoms with Crippen molar-refractivity contribution in [3.63, 3.8) is 0 Å². The second kappa shape index (κ2) is 14.2. The fourth-order valence-corrected chi connectivity index (χ4v) is 5.18. The molecule has 0 saturated carbocycles. The molecule has 40 heavy (non-hydrogen) atoms. The lowest BCUT2D eigenvalue weighted by Gasteiger charge is -2.29. The third kappa shape index (κ3) is 6.77. The number of rotatable bonds is 13. The largest absolute Gasteiger partial charge is 0.507 e. The number of ether oxygens (including phenoxy) is 4. The number of carbonyl (C=O) groups excluding carboxylic acids is 2. The van der Waals surface area contributed by atoms with Crippen molar-refractivity contribution >= 4 is 17.4 Å². The van der Waals surface area contributed by atoms with E-state index in [0.29, 0.717) is 61.2 Å². The number of morpholine rings is 1. The zero-order valence-corrected chi connectivity index (χ0v) is 23.7. The summed E-state index contributed by atoms with van der Waals surface area (Å²) in [5, 5.41) is 11.4. The predicted octanol–water partition coefficient (Wildman–Crippen LogP) is 4.42. The number of likely N-dealkylation sites (tertiary alicyclic amines) is 1. The molecule has 0 radical (unpaired) electrons. The van der Waals surface area contributed by atoms with Gasteiger partial charge in [-0.1, -0.05) is 38.0 Å². The van der Waals surface area contributed by atoms with Crippen molar-refractivity contribution in [3.05, 3.63) is 59.2 Å². The van der Waals surface area contributed by atoms with Gasteiger partial charge in [-0.15, -0.1) is 0 Å². The lowest BCUT2D eigenvalue weighted by molar-refractivity contribution is -0.140. The molecule has 9 nitrogen and oxygen atoms in total. The molecule has 1 atom stereocenters. The van der Waals surface area contributed by atoms with Crippen LogP contribution in [0.1, 0.15) is 49.8 Å². The molecule has 9 heteroatoms. The first kappa shape index (κ1) is 29.4. The highest BCUT2D eigenvalue weighted by molar-refractivity contribution is 6.46. The first-order valence-corrected chi connectivity index (χ1v) is 14.0. The SMILES string of the molecule is CCCCCOc1ccc(C2C(=C(O)c3cccc(OC)c3)C(=O)C(=O)N2CCCN2CCOCC2)cc1OC. The molecule has 2 heterocycles. The van der Waals surface area contributed by atoms with Gasteiger partial charge >= 0.3 is 0 Å². The first-order chi connectivity index (χ1) is 19.5. The summed E-state index contributed by atoms with van der Waals surface area (Å²) in [6.07, 6.45) is 3.78. The van der Waals surface area contributed by atoms with Crippen LogP contribution in [0.25, 0.3) is 5.76 Å². The number of nitrogens with zero attached hydrogens (tertiary/aromatic N) is 2. The van der Waals surface area contributed by atoms with E-state index in [1.54, 1.807) is 48.4 Å². The van der Waals surface area contributed by atoms with Crippen LogP contribution >= 0.6 is 0 Å². The highest BCUT2D eigenvalue weighted by Crippen LogP contribution is 2.42. The van der Waals surface area contributed by atoms with Crippen LogP contribution in [0.5, 0.6) is 17.2 Å². The summed E-state index contributed by atoms with van der Waals surface area (Å²) in [6.45, 7) is 6.92. The van der Waals surface area contributed by atoms with Crippen molar-refractivity contribution in [1.29, 1.82) is 0 Å². The molecule has 0 aromatic heterocycles. The van der Waals surface area contributed by atoms with Crippen LogP contribution in [-0.2, 0) is 14.3 Å². The molecular formula is C31H40N2O7. The van der Waals surface area contributed by atoms with Gasteiger partial charge < -0.3 is 29.0 Å². The second-order valence-electron chi connectivity index (χ2n) is 10.00. The molecule has 2 saturated heterocycles. The average molecular weight is 553 g/mol. The molecule has 0 spiro atoms. The van der Waals surface area contributed by atoms with Gasteiger partial charge in [0.2, 0.25) is 0 Å². The number of benzene rings is 2. The van der Waals surface area contributed by atoms with Gasteiger partial charge in [-0.3, -0.25) is 14.5 Å². The van der Waals surface area contributed by atoms with E-state index < -0.39 is 17.7 Å². The molecule has 216 valence electrons. The molecular weight excluding hydrogens is 512 g/mol. The fourth-order valence-electron chi connectivity index (χ4n) is 5.18. The van der Waals surface area contributed by atoms with Gasteiger partial charge in [0.05, 0.1) is 45.7 Å². The Kier molecular flexibility index (Phi) is 10.4. The lowest BCUT2D eigenvalue weighted by Crippen LogP contribution is -2.39. The Hall–Kier alpha value is -3.56. The minimum atomic E-state index is -0.779. The van der Waals surface area contributed by atoms with Crippen LogP contribution in [-0.4, -0.2) is 86.8 Å². The number of aliphatic hydroxyl groups excluding tert-OH is 1. The van der Waals surface area contributed by atoms with Gasteiger partial charge in [-0.05, 0) is 42.7 Å². The van der Waals surface area contributed by atoms with Crippen molar-refractivity contribution in [2.24, 2.45) is 0 Å². The van der Waals surface area contributed by atoms with Gasteiger partial charge in [-0.2, -0.15) is 0 Å². The quantitative estimate of drug-likeness (QED) is 0.169. The zero-order chi connectivity index (χ0) is 28.5. The minimum Gasteiger partial charge on any atom is -0.507 e. The number of hydrogen-bond acceptors (Lipinski definition) is 8. The van der Waals surface area contributed by atoms with E-state index in [1.807, 2.05) is 6.07 Å². The number of carbonyl (C=O) groups is 2. The summed E-state index contributed by atoms with van der Waals surface area (Å²) >= 11 is 0. The van der Waals surface area contributed by atoms with Crippen LogP contribution in [0.3, 0.4) is 0 Å². The number of Topliss-reactive ketones (excluding diaryl/α,β-unsaturated/α-hetero) is 1. The van der Waals surface area contributed by atoms with E-state index in [-0.39, 0.29) is 11.3 Å². The van der Waals surface area contributed by atoms with Crippen LogP contribution in [0.4, 0.5) is 0 Å². The van der Waals surface area contributed by atoms with E-state index in [1.165, 1.54) is 7.11 Å². The Labute approximate surface area is 236 Å². The monoisotopic (exact) mass is 552 g/mol. The number of hydrogen-bond donors (Lipinski definition) is 1. The number of ketones is 1. The Bertz CT molecular complexity index is 1210. The molecule has 1 amide bonds. The zero-order valence-electron chi connectivity index (χ0n) is 23.7. The van der Waals surface area contributed by atoms with Crippen molar-refractivity contribution in [2.75, 3.05) is 60.2 Å². The van der Waals surface area contributed by atoms with Crippen molar-refractivity contribution in [2.45, 2.75) is 38.6 Å². The molecule has 1 N–H and O–H groups in total. The standard InChI is InChI=1S/C31H40N2O7/c1-4-5-6-17-40-25-12-11-22(21-26(25)38-3)28-27(29(34)23-9-7-10-24(20-23)37-2)30(35)31(36)33(28)14-8-13-32-15-18-39-19-16-32/h7,9-12,20-21,28,34H,4-6,8,13-19H2,1-3H3. The summed E-state index contributed by atoms with van der Waals surface area (Å²) in [7, 11) is 3.10. The third-order valence-electron chi connectivity index (χ3n) is 7.37. The number of unbranched alkanes of at least 4 members (excludes halogenated alkanes) is 2. The smallest absolute Gasteiger partial charge is 0.295 e. The van der Waals surface area contributed by atoms with Gasteiger partial charge in [0.1, 0.15) is 11.5 Å². The number of amides is 1. The van der Waals surface area contributed by atoms with Gasteiger partial charge in [-0.25, -0.2) is 0 Å². The summed E-state index contributed by atoms with van der Waals surface area (Å²) < 4.78 is 22.3. The van der Waals surface area contributed by atoms with E-state index in [9.17, 15) is 14.7 Å². The lowest BCUT2D eigenvalue weighted by atomic mass is 9.95. The van der Waals surface area contributed by atoms with E-state index >= 15 is 0 Å². The molecule has 2 aromatic carbocycles. The molecule has 0 bridgehead atoms. The van der Waals surface area contributed by atoms with Gasteiger partial charge in [0.25, 0.3) is 11.7 Å². The van der Waals surface area contributed by atoms with Gasteiger partial charge in [0, 0.05) is 31.7 Å². The highest BCUT2D eigenvalue weighted by atomic mass is 16.5. The fraction of sp³-hybridized carbons (Fsp3) is 0.484. The summed E-state index contributed by atoms with van der Waals surface area (Å²) in [6, 6.07) is 11.5. The second-order valence-corrected chi connectivity index (χ2v) is 10.00. The summed E-state index contributed by atoms with van der Waals surface area (Å²) in [5.41, 5.74) is 1.11. The summed E-state index contributed by atoms with van der Waals surface area (Å²) in [5.74, 6) is 0.0582. The molecule has 1 unspecified atom stereocenters. The molecule has 2 aliphatic heterocycles. The summed E-state index contributed by atoms with van der Waals surface area (Å²) in [4.78, 5) is 30.7. The Morgan fingerprint density at radius 1 is 0.975 bits per heavy atom. The van der Waals surface area contributed by atoms with Crippen molar-refractivity contribution in [3.8, 4) is 17.2 Å². The normalized spacial score (nSPS) is 19.2. The Morgan fingerprint density at radius 2 is 1.77 bits per heavy atom. The molecule has 4 rings (SSSR count). The predicted molar refractivity (Wildman–Crippen MR) is 152 cm³/mol. The van der Waals surface area contributed by atoms with Gasteiger partial charge in [0.15, 0.2) is 11.5 Å². The minimum absolute atomic E-state index is 0.0447. The maximum Gasteiger partial charge on any atom is 0.295 e. The van der Waals surface area contributed by atoms with Crippen LogP contribution in [0, 0.1) is 0 Å². The van der Waals surface area contributed by atoms with E-state index in [4.69, 9.17) is 18.9 Å². The number of aliphatic hydroxyl groups is 1. The Balaban J connectivity index is 1.69. The molecule has 0 aliphatic carbocycles. The Morgan fingerprint density at radius 3 is 2.50 bits per heavy atom. The number of methoxy groups -OCH3 is 2. The average Bonchev–Trinajstić information content (AvgIpc) is 3.24. The topological polar surface area (TPSA) is 97.8 Å². The molecule has 2 fully saturated rings. The molecule has 2 aliphatic rings. The van der Waals surface area contributed by atoms with Crippen molar-refractivity contribution < 1.29 is 33.6 Å². The highest BCUT2D eigenvalue weighted by Gasteiger charge is 2.46. The van der Waals surface area contributed by atoms with Crippen LogP contribution in [0.15, 0.2) is 48.0 Å². The van der Waals surface area contributed by atoms with Crippen LogP contribution in [0.2, 0.25) is 0 Å². The maximum absolute atomic E-state index is 13.4. The third-order valence-corrected chi connectivity index (χ3v) is 7.37. The van der Waals surface area contributed by atoms with E-state index in [2.05, 4.69) is 11.8 Å². The van der Waals surface area contributed by atoms with Crippen molar-refractivity contribution in [1.82, 2.24) is 9.80 Å².